The number of phenolic OH excluding ortho intramolecular Hbond substituents is 2. The molecule has 0 bridgehead atoms. The summed E-state index contributed by atoms with van der Waals surface area (Å²) in [7, 11) is 2.01. The van der Waals surface area contributed by atoms with Gasteiger partial charge in [0.25, 0.3) is 0 Å². The zero-order chi connectivity index (χ0) is 24.5. The van der Waals surface area contributed by atoms with Crippen LogP contribution in [0.1, 0.15) is 23.7 Å². The molecule has 0 aliphatic carbocycles. The molecule has 1 saturated heterocycles. The molecule has 35 heavy (non-hydrogen) atoms. The van der Waals surface area contributed by atoms with Gasteiger partial charge in [0.15, 0.2) is 5.43 Å². The van der Waals surface area contributed by atoms with Crippen molar-refractivity contribution < 1.29 is 23.8 Å². The van der Waals surface area contributed by atoms with E-state index in [2.05, 4.69) is 4.90 Å². The molecule has 1 aliphatic heterocycles. The van der Waals surface area contributed by atoms with Crippen LogP contribution in [-0.2, 0) is 4.79 Å². The molecular formula is C27H26N2O6. The van der Waals surface area contributed by atoms with Crippen molar-refractivity contribution >= 4 is 16.9 Å². The van der Waals surface area contributed by atoms with E-state index >= 15 is 0 Å². The summed E-state index contributed by atoms with van der Waals surface area (Å²) in [5, 5.41) is 21.4. The Morgan fingerprint density at radius 2 is 1.74 bits per heavy atom. The number of rotatable bonds is 5. The molecule has 1 aliphatic rings. The smallest absolute Gasteiger partial charge is 0.223 e. The third-order valence-corrected chi connectivity index (χ3v) is 6.53. The molecular weight excluding hydrogens is 448 g/mol. The lowest BCUT2D eigenvalue weighted by atomic mass is 9.89. The Hall–Kier alpha value is -4.04. The van der Waals surface area contributed by atoms with Crippen LogP contribution >= 0.6 is 0 Å². The topological polar surface area (TPSA) is 107 Å². The first-order valence-electron chi connectivity index (χ1n) is 11.5. The number of phenols is 2. The van der Waals surface area contributed by atoms with Gasteiger partial charge in [-0.25, -0.2) is 0 Å². The van der Waals surface area contributed by atoms with Crippen LogP contribution in [0.5, 0.6) is 11.5 Å². The summed E-state index contributed by atoms with van der Waals surface area (Å²) in [5.74, 6) is -0.759. The van der Waals surface area contributed by atoms with Crippen LogP contribution in [0.25, 0.3) is 22.3 Å². The Bertz CT molecular complexity index is 1400. The normalized spacial score (nSPS) is 15.4. The number of furan rings is 1. The van der Waals surface area contributed by atoms with Crippen LogP contribution in [0.2, 0.25) is 0 Å². The molecule has 0 unspecified atom stereocenters. The molecule has 8 heteroatoms. The van der Waals surface area contributed by atoms with Gasteiger partial charge >= 0.3 is 0 Å². The van der Waals surface area contributed by atoms with Crippen molar-refractivity contribution in [1.82, 2.24) is 9.80 Å². The maximum Gasteiger partial charge on any atom is 0.223 e. The van der Waals surface area contributed by atoms with Gasteiger partial charge in [0.05, 0.1) is 12.2 Å². The van der Waals surface area contributed by atoms with Crippen molar-refractivity contribution in [3.05, 3.63) is 82.4 Å². The maximum atomic E-state index is 13.3. The van der Waals surface area contributed by atoms with E-state index in [0.29, 0.717) is 24.4 Å². The maximum absolute atomic E-state index is 13.3. The monoisotopic (exact) mass is 474 g/mol. The highest BCUT2D eigenvalue weighted by molar-refractivity contribution is 5.91. The fraction of sp³-hybridized carbons (Fsp3) is 0.259. The third-order valence-electron chi connectivity index (χ3n) is 6.53. The minimum Gasteiger partial charge on any atom is -0.507 e. The fourth-order valence-corrected chi connectivity index (χ4v) is 4.60. The highest BCUT2D eigenvalue weighted by atomic mass is 16.3. The molecule has 2 N–H and O–H groups in total. The Kier molecular flexibility index (Phi) is 6.05. The van der Waals surface area contributed by atoms with E-state index in [1.54, 1.807) is 29.2 Å². The molecule has 8 nitrogen and oxygen atoms in total. The van der Waals surface area contributed by atoms with E-state index in [-0.39, 0.29) is 40.4 Å². The summed E-state index contributed by atoms with van der Waals surface area (Å²) in [6, 6.07) is 14.9. The number of fused-ring (bicyclic) bond motifs is 1. The second kappa shape index (κ2) is 9.31. The summed E-state index contributed by atoms with van der Waals surface area (Å²) < 4.78 is 11.8. The average molecular weight is 475 g/mol. The van der Waals surface area contributed by atoms with Crippen molar-refractivity contribution in [2.24, 2.45) is 0 Å². The van der Waals surface area contributed by atoms with E-state index in [0.717, 1.165) is 19.2 Å². The van der Waals surface area contributed by atoms with Crippen molar-refractivity contribution in [2.45, 2.75) is 12.3 Å². The minimum absolute atomic E-state index is 0.00391. The average Bonchev–Trinajstić information content (AvgIpc) is 3.38. The van der Waals surface area contributed by atoms with Crippen molar-refractivity contribution in [3.8, 4) is 22.8 Å². The van der Waals surface area contributed by atoms with Gasteiger partial charge in [0.2, 0.25) is 5.91 Å². The number of benzene rings is 2. The van der Waals surface area contributed by atoms with Gasteiger partial charge in [-0.15, -0.1) is 0 Å². The number of hydrogen-bond donors (Lipinski definition) is 2. The predicted octanol–water partition coefficient (Wildman–Crippen LogP) is 3.76. The zero-order valence-corrected chi connectivity index (χ0v) is 19.3. The van der Waals surface area contributed by atoms with Crippen molar-refractivity contribution in [2.75, 3.05) is 33.2 Å². The van der Waals surface area contributed by atoms with E-state index in [1.165, 1.54) is 12.3 Å². The van der Waals surface area contributed by atoms with Gasteiger partial charge in [-0.1, -0.05) is 30.3 Å². The van der Waals surface area contributed by atoms with E-state index < -0.39 is 17.1 Å². The second-order valence-electron chi connectivity index (χ2n) is 8.83. The molecule has 0 radical (unpaired) electrons. The third kappa shape index (κ3) is 4.40. The van der Waals surface area contributed by atoms with E-state index in [4.69, 9.17) is 8.83 Å². The molecule has 2 aromatic heterocycles. The summed E-state index contributed by atoms with van der Waals surface area (Å²) in [6.07, 6.45) is 1.50. The zero-order valence-electron chi connectivity index (χ0n) is 19.3. The molecule has 4 aromatic rings. The molecule has 1 atom stereocenters. The Balaban J connectivity index is 1.66. The quantitative estimate of drug-likeness (QED) is 0.453. The SMILES string of the molecule is CN1CCN(C(=O)C[C@H](c2ccco2)c2c(O)cc(O)c3c(=O)cc(-c4ccccc4)oc23)CC1. The lowest BCUT2D eigenvalue weighted by molar-refractivity contribution is -0.133. The number of piperazine rings is 1. The number of carbonyl (C=O) groups excluding carboxylic acids is 1. The Labute approximate surface area is 201 Å². The molecule has 2 aromatic carbocycles. The van der Waals surface area contributed by atoms with Crippen LogP contribution in [0.3, 0.4) is 0 Å². The molecule has 0 saturated carbocycles. The molecule has 1 amide bonds. The number of aromatic hydroxyl groups is 2. The first-order valence-corrected chi connectivity index (χ1v) is 11.5. The predicted molar refractivity (Wildman–Crippen MR) is 130 cm³/mol. The Morgan fingerprint density at radius 1 is 1.00 bits per heavy atom. The van der Waals surface area contributed by atoms with Gasteiger partial charge in [0, 0.05) is 55.9 Å². The number of hydrogen-bond acceptors (Lipinski definition) is 7. The second-order valence-corrected chi connectivity index (χ2v) is 8.83. The minimum atomic E-state index is -0.727. The number of likely N-dealkylation sites (N-methyl/N-ethyl adjacent to an activating group) is 1. The number of carbonyl (C=O) groups is 1. The van der Waals surface area contributed by atoms with E-state index in [1.807, 2.05) is 25.2 Å². The van der Waals surface area contributed by atoms with Crippen LogP contribution in [-0.4, -0.2) is 59.1 Å². The van der Waals surface area contributed by atoms with Crippen LogP contribution in [0, 0.1) is 0 Å². The summed E-state index contributed by atoms with van der Waals surface area (Å²) >= 11 is 0. The van der Waals surface area contributed by atoms with Gasteiger partial charge in [-0.3, -0.25) is 9.59 Å². The van der Waals surface area contributed by atoms with Gasteiger partial charge in [-0.2, -0.15) is 0 Å². The summed E-state index contributed by atoms with van der Waals surface area (Å²) in [5.41, 5.74) is 0.474. The first kappa shape index (κ1) is 22.7. The molecule has 0 spiro atoms. The highest BCUT2D eigenvalue weighted by Gasteiger charge is 2.31. The van der Waals surface area contributed by atoms with Crippen LogP contribution in [0.4, 0.5) is 0 Å². The first-order chi connectivity index (χ1) is 16.9. The standard InChI is InChI=1S/C27H26N2O6/c1-28-9-11-29(12-10-28)24(33)14-18(22-8-5-13-34-22)25-19(30)15-20(31)26-21(32)16-23(35-27(25)26)17-6-3-2-4-7-17/h2-8,13,15-16,18,30-31H,9-12,14H2,1H3/t18-/m1/s1. The molecule has 1 fully saturated rings. The van der Waals surface area contributed by atoms with Gasteiger partial charge in [-0.05, 0) is 19.2 Å². The lowest BCUT2D eigenvalue weighted by Crippen LogP contribution is -2.47. The highest BCUT2D eigenvalue weighted by Crippen LogP contribution is 2.43. The molecule has 5 rings (SSSR count). The lowest BCUT2D eigenvalue weighted by Gasteiger charge is -2.33. The molecule has 180 valence electrons. The van der Waals surface area contributed by atoms with Gasteiger partial charge in [0.1, 0.15) is 34.0 Å². The van der Waals surface area contributed by atoms with E-state index in [9.17, 15) is 19.8 Å². The summed E-state index contributed by atoms with van der Waals surface area (Å²) in [4.78, 5) is 30.3. The van der Waals surface area contributed by atoms with Crippen LogP contribution < -0.4 is 5.43 Å². The van der Waals surface area contributed by atoms with Crippen molar-refractivity contribution in [3.63, 3.8) is 0 Å². The Morgan fingerprint density at radius 3 is 2.43 bits per heavy atom. The fourth-order valence-electron chi connectivity index (χ4n) is 4.60. The number of amides is 1. The van der Waals surface area contributed by atoms with Crippen molar-refractivity contribution in [1.29, 1.82) is 0 Å². The number of nitrogens with zero attached hydrogens (tertiary/aromatic N) is 2. The summed E-state index contributed by atoms with van der Waals surface area (Å²) in [6.45, 7) is 2.77. The van der Waals surface area contributed by atoms with Gasteiger partial charge < -0.3 is 28.8 Å². The molecule has 3 heterocycles. The van der Waals surface area contributed by atoms with Crippen LogP contribution in [0.15, 0.2) is 74.5 Å². The largest absolute Gasteiger partial charge is 0.507 e.